The minimum Gasteiger partial charge on any atom is -0.207 e. The second kappa shape index (κ2) is 4.64. The molecule has 1 aromatic heterocycles. The third-order valence-corrected chi connectivity index (χ3v) is 6.86. The molecule has 0 unspecified atom stereocenters. The zero-order valence-corrected chi connectivity index (χ0v) is 13.1. The van der Waals surface area contributed by atoms with E-state index in [1.54, 1.807) is 6.07 Å². The maximum absolute atomic E-state index is 12.3. The predicted octanol–water partition coefficient (Wildman–Crippen LogP) is 3.43. The molecule has 0 radical (unpaired) electrons. The molecule has 1 saturated carbocycles. The average molecular weight is 338 g/mol. The first-order chi connectivity index (χ1) is 7.88. The lowest BCUT2D eigenvalue weighted by molar-refractivity contribution is 0.214. The molecule has 0 aliphatic heterocycles. The lowest BCUT2D eigenvalue weighted by Gasteiger charge is -2.41. The van der Waals surface area contributed by atoms with Gasteiger partial charge >= 0.3 is 0 Å². The molecule has 6 heteroatoms. The fourth-order valence-electron chi connectivity index (χ4n) is 2.17. The van der Waals surface area contributed by atoms with E-state index in [1.807, 2.05) is 13.8 Å². The van der Waals surface area contributed by atoms with Gasteiger partial charge in [-0.25, -0.2) is 13.1 Å². The quantitative estimate of drug-likeness (QED) is 0.914. The van der Waals surface area contributed by atoms with Crippen LogP contribution in [0.1, 0.15) is 37.5 Å². The van der Waals surface area contributed by atoms with E-state index in [9.17, 15) is 8.42 Å². The molecular formula is C11H16BrNO2S2. The van der Waals surface area contributed by atoms with E-state index in [2.05, 4.69) is 20.7 Å². The molecule has 1 aliphatic carbocycles. The summed E-state index contributed by atoms with van der Waals surface area (Å²) in [6.07, 6.45) is 3.87. The van der Waals surface area contributed by atoms with Crippen molar-refractivity contribution in [1.82, 2.24) is 4.72 Å². The van der Waals surface area contributed by atoms with E-state index >= 15 is 0 Å². The molecule has 96 valence electrons. The van der Waals surface area contributed by atoms with Crippen LogP contribution >= 0.6 is 27.3 Å². The molecule has 1 aromatic rings. The normalized spacial score (nSPS) is 19.0. The maximum atomic E-state index is 12.3. The van der Waals surface area contributed by atoms with Gasteiger partial charge in [0.2, 0.25) is 10.0 Å². The van der Waals surface area contributed by atoms with Gasteiger partial charge < -0.3 is 0 Å². The highest BCUT2D eigenvalue weighted by Gasteiger charge is 2.39. The summed E-state index contributed by atoms with van der Waals surface area (Å²) >= 11 is 4.78. The summed E-state index contributed by atoms with van der Waals surface area (Å²) in [6, 6.07) is 1.68. The molecule has 2 rings (SSSR count). The van der Waals surface area contributed by atoms with Crippen molar-refractivity contribution in [2.24, 2.45) is 0 Å². The van der Waals surface area contributed by atoms with E-state index in [0.29, 0.717) is 4.90 Å². The van der Waals surface area contributed by atoms with Gasteiger partial charge in [-0.3, -0.25) is 0 Å². The van der Waals surface area contributed by atoms with Gasteiger partial charge in [0, 0.05) is 10.4 Å². The SMILES string of the molecule is CCC1(NS(=O)(=O)c2cc(Br)sc2C)CCC1. The molecule has 0 saturated heterocycles. The maximum Gasteiger partial charge on any atom is 0.242 e. The third kappa shape index (κ3) is 2.59. The first-order valence-electron chi connectivity index (χ1n) is 5.68. The third-order valence-electron chi connectivity index (χ3n) is 3.47. The van der Waals surface area contributed by atoms with Gasteiger partial charge in [0.15, 0.2) is 0 Å². The Labute approximate surface area is 115 Å². The van der Waals surface area contributed by atoms with Crippen LogP contribution in [0.15, 0.2) is 14.7 Å². The Morgan fingerprint density at radius 3 is 2.53 bits per heavy atom. The van der Waals surface area contributed by atoms with Crippen LogP contribution < -0.4 is 4.72 Å². The number of hydrogen-bond donors (Lipinski definition) is 1. The Morgan fingerprint density at radius 1 is 1.53 bits per heavy atom. The zero-order valence-electron chi connectivity index (χ0n) is 9.92. The van der Waals surface area contributed by atoms with Crippen molar-refractivity contribution in [3.63, 3.8) is 0 Å². The smallest absolute Gasteiger partial charge is 0.207 e. The molecule has 0 spiro atoms. The van der Waals surface area contributed by atoms with E-state index in [4.69, 9.17) is 0 Å². The topological polar surface area (TPSA) is 46.2 Å². The van der Waals surface area contributed by atoms with Crippen LogP contribution in [0.5, 0.6) is 0 Å². The molecule has 1 N–H and O–H groups in total. The monoisotopic (exact) mass is 337 g/mol. The molecule has 1 heterocycles. The molecule has 1 fully saturated rings. The Kier molecular flexibility index (Phi) is 3.69. The van der Waals surface area contributed by atoms with E-state index in [-0.39, 0.29) is 5.54 Å². The standard InChI is InChI=1S/C11H16BrNO2S2/c1-3-11(5-4-6-11)13-17(14,15)9-7-10(12)16-8(9)2/h7,13H,3-6H2,1-2H3. The van der Waals surface area contributed by atoms with Gasteiger partial charge in [-0.1, -0.05) is 6.92 Å². The van der Waals surface area contributed by atoms with Gasteiger partial charge in [-0.15, -0.1) is 11.3 Å². The zero-order chi connectivity index (χ0) is 12.7. The van der Waals surface area contributed by atoms with Crippen LogP contribution in [-0.4, -0.2) is 14.0 Å². The first kappa shape index (κ1) is 13.5. The summed E-state index contributed by atoms with van der Waals surface area (Å²) in [6.45, 7) is 3.88. The Balaban J connectivity index is 2.28. The van der Waals surface area contributed by atoms with E-state index in [0.717, 1.165) is 34.3 Å². The number of aryl methyl sites for hydroxylation is 1. The molecule has 0 atom stereocenters. The van der Waals surface area contributed by atoms with Gasteiger partial charge in [0.1, 0.15) is 0 Å². The summed E-state index contributed by atoms with van der Waals surface area (Å²) in [7, 11) is -3.37. The minimum atomic E-state index is -3.37. The number of thiophene rings is 1. The largest absolute Gasteiger partial charge is 0.242 e. The lowest BCUT2D eigenvalue weighted by atomic mass is 9.76. The molecule has 0 bridgehead atoms. The van der Waals surface area contributed by atoms with Gasteiger partial charge in [0.25, 0.3) is 0 Å². The van der Waals surface area contributed by atoms with Crippen molar-refractivity contribution in [1.29, 1.82) is 0 Å². The summed E-state index contributed by atoms with van der Waals surface area (Å²) in [4.78, 5) is 1.24. The lowest BCUT2D eigenvalue weighted by Crippen LogP contribution is -2.52. The van der Waals surface area contributed by atoms with Crippen LogP contribution in [0.25, 0.3) is 0 Å². The van der Waals surface area contributed by atoms with Gasteiger partial charge in [0.05, 0.1) is 8.68 Å². The highest BCUT2D eigenvalue weighted by Crippen LogP contribution is 2.37. The molecule has 0 aromatic carbocycles. The van der Waals surface area contributed by atoms with Gasteiger partial charge in [-0.05, 0) is 54.6 Å². The number of hydrogen-bond acceptors (Lipinski definition) is 3. The summed E-state index contributed by atoms with van der Waals surface area (Å²) < 4.78 is 28.4. The first-order valence-corrected chi connectivity index (χ1v) is 8.78. The Morgan fingerprint density at radius 2 is 2.18 bits per heavy atom. The van der Waals surface area contributed by atoms with Crippen molar-refractivity contribution in [2.75, 3.05) is 0 Å². The van der Waals surface area contributed by atoms with Crippen molar-refractivity contribution in [3.05, 3.63) is 14.7 Å². The van der Waals surface area contributed by atoms with Crippen LogP contribution in [0.2, 0.25) is 0 Å². The number of rotatable bonds is 4. The molecule has 0 amide bonds. The fourth-order valence-corrected chi connectivity index (χ4v) is 6.12. The van der Waals surface area contributed by atoms with Crippen LogP contribution in [0, 0.1) is 6.92 Å². The highest BCUT2D eigenvalue weighted by molar-refractivity contribution is 9.11. The van der Waals surface area contributed by atoms with Crippen molar-refractivity contribution < 1.29 is 8.42 Å². The number of sulfonamides is 1. The Hall–Kier alpha value is 0.0900. The van der Waals surface area contributed by atoms with Crippen molar-refractivity contribution in [2.45, 2.75) is 50.0 Å². The fraction of sp³-hybridized carbons (Fsp3) is 0.636. The van der Waals surface area contributed by atoms with E-state index < -0.39 is 10.0 Å². The van der Waals surface area contributed by atoms with Gasteiger partial charge in [-0.2, -0.15) is 0 Å². The van der Waals surface area contributed by atoms with Crippen LogP contribution in [0.3, 0.4) is 0 Å². The second-order valence-electron chi connectivity index (χ2n) is 4.56. The molecule has 1 aliphatic rings. The van der Waals surface area contributed by atoms with E-state index in [1.165, 1.54) is 11.3 Å². The van der Waals surface area contributed by atoms with Crippen LogP contribution in [0.4, 0.5) is 0 Å². The molecule has 3 nitrogen and oxygen atoms in total. The second-order valence-corrected chi connectivity index (χ2v) is 8.85. The molecular weight excluding hydrogens is 322 g/mol. The van der Waals surface area contributed by atoms with Crippen LogP contribution in [-0.2, 0) is 10.0 Å². The highest BCUT2D eigenvalue weighted by atomic mass is 79.9. The average Bonchev–Trinajstić information content (AvgIpc) is 2.52. The minimum absolute atomic E-state index is 0.195. The predicted molar refractivity (Wildman–Crippen MR) is 74.0 cm³/mol. The van der Waals surface area contributed by atoms with Crippen molar-refractivity contribution in [3.8, 4) is 0 Å². The summed E-state index contributed by atoms with van der Waals surface area (Å²) in [5.74, 6) is 0. The number of nitrogens with one attached hydrogen (secondary N) is 1. The van der Waals surface area contributed by atoms with Crippen molar-refractivity contribution >= 4 is 37.3 Å². The summed E-state index contributed by atoms with van der Waals surface area (Å²) in [5.41, 5.74) is -0.195. The summed E-state index contributed by atoms with van der Waals surface area (Å²) in [5, 5.41) is 0. The number of halogens is 1. The molecule has 17 heavy (non-hydrogen) atoms. The Bertz CT molecular complexity index is 512.